The topological polar surface area (TPSA) is 77.0 Å². The molecular weight excluding hydrogens is 230 g/mol. The van der Waals surface area contributed by atoms with Gasteiger partial charge in [-0.15, -0.1) is 0 Å². The number of aliphatic carboxylic acids is 1. The monoisotopic (exact) mass is 251 g/mol. The molecule has 3 N–H and O–H groups in total. The maximum atomic E-state index is 10.3. The molecule has 1 aromatic rings. The fourth-order valence-electron chi connectivity index (χ4n) is 1.75. The third-order valence-corrected chi connectivity index (χ3v) is 2.66. The minimum atomic E-state index is -0.997. The summed E-state index contributed by atoms with van der Waals surface area (Å²) >= 11 is 0. The lowest BCUT2D eigenvalue weighted by atomic mass is 10.0. The van der Waals surface area contributed by atoms with Gasteiger partial charge >= 0.3 is 0 Å². The molecule has 1 atom stereocenters. The van der Waals surface area contributed by atoms with Crippen molar-refractivity contribution in [2.24, 2.45) is 0 Å². The summed E-state index contributed by atoms with van der Waals surface area (Å²) in [5.41, 5.74) is 5.14. The van der Waals surface area contributed by atoms with E-state index in [2.05, 4.69) is 5.73 Å². The average Bonchev–Trinajstić information content (AvgIpc) is 2.28. The molecule has 18 heavy (non-hydrogen) atoms. The fraction of sp³-hybridized carbons (Fsp3) is 0.500. The van der Waals surface area contributed by atoms with E-state index in [-0.39, 0.29) is 18.6 Å². The summed E-state index contributed by atoms with van der Waals surface area (Å²) in [7, 11) is 0. The van der Waals surface area contributed by atoms with Gasteiger partial charge < -0.3 is 20.4 Å². The summed E-state index contributed by atoms with van der Waals surface area (Å²) in [6.45, 7) is 3.97. The Labute approximate surface area is 108 Å². The van der Waals surface area contributed by atoms with Gasteiger partial charge in [-0.3, -0.25) is 0 Å². The summed E-state index contributed by atoms with van der Waals surface area (Å²) in [6, 6.07) is 7.92. The molecule has 0 saturated carbocycles. The van der Waals surface area contributed by atoms with E-state index >= 15 is 0 Å². The van der Waals surface area contributed by atoms with Gasteiger partial charge in [-0.2, -0.15) is 0 Å². The van der Waals surface area contributed by atoms with Crippen LogP contribution in [-0.2, 0) is 4.79 Å². The Morgan fingerprint density at radius 3 is 2.44 bits per heavy atom. The molecule has 0 bridgehead atoms. The number of ether oxygens (including phenoxy) is 1. The first-order valence-corrected chi connectivity index (χ1v) is 6.28. The number of hydrogen-bond donors (Lipinski definition) is 1. The predicted molar refractivity (Wildman–Crippen MR) is 66.7 cm³/mol. The van der Waals surface area contributed by atoms with Crippen molar-refractivity contribution in [1.82, 2.24) is 0 Å². The van der Waals surface area contributed by atoms with E-state index < -0.39 is 5.97 Å². The number of rotatable bonds is 7. The first-order chi connectivity index (χ1) is 8.49. The molecule has 1 aromatic carbocycles. The average molecular weight is 251 g/mol. The number of carboxylic acid groups (broad SMARTS) is 1. The highest BCUT2D eigenvalue weighted by molar-refractivity contribution is 5.64. The number of hydrogen-bond acceptors (Lipinski definition) is 3. The Kier molecular flexibility index (Phi) is 5.65. The molecule has 0 unspecified atom stereocenters. The van der Waals surface area contributed by atoms with Crippen LogP contribution in [0.2, 0.25) is 0 Å². The van der Waals surface area contributed by atoms with E-state index in [9.17, 15) is 9.90 Å². The van der Waals surface area contributed by atoms with Crippen LogP contribution in [0.25, 0.3) is 0 Å². The molecular formula is C14H21NO3. The van der Waals surface area contributed by atoms with Gasteiger partial charge in [-0.05, 0) is 51.0 Å². The van der Waals surface area contributed by atoms with Gasteiger partial charge in [0.15, 0.2) is 0 Å². The van der Waals surface area contributed by atoms with Crippen molar-refractivity contribution < 1.29 is 20.4 Å². The van der Waals surface area contributed by atoms with Crippen molar-refractivity contribution in [2.75, 3.05) is 0 Å². The van der Waals surface area contributed by atoms with Gasteiger partial charge in [0, 0.05) is 18.0 Å². The van der Waals surface area contributed by atoms with Crippen LogP contribution in [0.4, 0.5) is 0 Å². The van der Waals surface area contributed by atoms with E-state index in [1.165, 1.54) is 0 Å². The minimum absolute atomic E-state index is 0.0978. The first kappa shape index (κ1) is 14.5. The molecule has 0 aliphatic heterocycles. The number of benzene rings is 1. The SMILES string of the molecule is CC(C)Oc1ccc([C@@H]([NH3+])CCCC(=O)[O-])cc1. The van der Waals surface area contributed by atoms with E-state index in [0.29, 0.717) is 6.42 Å². The largest absolute Gasteiger partial charge is 0.550 e. The van der Waals surface area contributed by atoms with E-state index in [1.54, 1.807) is 0 Å². The zero-order chi connectivity index (χ0) is 13.5. The maximum Gasteiger partial charge on any atom is 0.119 e. The Balaban J connectivity index is 2.48. The van der Waals surface area contributed by atoms with Gasteiger partial charge in [-0.1, -0.05) is 0 Å². The fourth-order valence-corrected chi connectivity index (χ4v) is 1.75. The van der Waals surface area contributed by atoms with Crippen LogP contribution in [0.5, 0.6) is 5.75 Å². The second-order valence-corrected chi connectivity index (χ2v) is 4.70. The number of carboxylic acids is 1. The van der Waals surface area contributed by atoms with Crippen molar-refractivity contribution in [3.63, 3.8) is 0 Å². The zero-order valence-electron chi connectivity index (χ0n) is 11.0. The number of carbonyl (C=O) groups is 1. The summed E-state index contributed by atoms with van der Waals surface area (Å²) < 4.78 is 5.56. The number of carbonyl (C=O) groups excluding carboxylic acids is 1. The third kappa shape index (κ3) is 5.19. The molecule has 0 aliphatic carbocycles. The quantitative estimate of drug-likeness (QED) is 0.774. The van der Waals surface area contributed by atoms with Crippen LogP contribution < -0.4 is 15.6 Å². The molecule has 0 aromatic heterocycles. The molecule has 4 nitrogen and oxygen atoms in total. The highest BCUT2D eigenvalue weighted by atomic mass is 16.5. The van der Waals surface area contributed by atoms with E-state index in [1.807, 2.05) is 38.1 Å². The summed E-state index contributed by atoms with van der Waals surface area (Å²) in [6.07, 6.45) is 1.61. The van der Waals surface area contributed by atoms with E-state index in [0.717, 1.165) is 17.7 Å². The highest BCUT2D eigenvalue weighted by Crippen LogP contribution is 2.19. The Morgan fingerprint density at radius 2 is 1.94 bits per heavy atom. The molecule has 0 heterocycles. The van der Waals surface area contributed by atoms with Gasteiger partial charge in [0.25, 0.3) is 0 Å². The van der Waals surface area contributed by atoms with Gasteiger partial charge in [0.1, 0.15) is 11.8 Å². The standard InChI is InChI=1S/C14H21NO3/c1-10(2)18-12-8-6-11(7-9-12)13(15)4-3-5-14(16)17/h6-10,13H,3-5,15H2,1-2H3,(H,16,17)/t13-/m0/s1. The molecule has 0 amide bonds. The molecule has 4 heteroatoms. The van der Waals surface area contributed by atoms with Gasteiger partial charge in [-0.25, -0.2) is 0 Å². The predicted octanol–water partition coefficient (Wildman–Crippen LogP) is 0.677. The van der Waals surface area contributed by atoms with Crippen molar-refractivity contribution in [1.29, 1.82) is 0 Å². The van der Waals surface area contributed by atoms with Crippen LogP contribution >= 0.6 is 0 Å². The third-order valence-electron chi connectivity index (χ3n) is 2.66. The van der Waals surface area contributed by atoms with Gasteiger partial charge in [0.05, 0.1) is 6.10 Å². The van der Waals surface area contributed by atoms with Crippen LogP contribution in [0.15, 0.2) is 24.3 Å². The first-order valence-electron chi connectivity index (χ1n) is 6.28. The van der Waals surface area contributed by atoms with Crippen LogP contribution in [0.3, 0.4) is 0 Å². The molecule has 0 fully saturated rings. The van der Waals surface area contributed by atoms with Crippen LogP contribution in [-0.4, -0.2) is 12.1 Å². The molecule has 0 saturated heterocycles. The van der Waals surface area contributed by atoms with Gasteiger partial charge in [0.2, 0.25) is 0 Å². The lowest BCUT2D eigenvalue weighted by Crippen LogP contribution is -2.53. The molecule has 0 radical (unpaired) electrons. The maximum absolute atomic E-state index is 10.3. The van der Waals surface area contributed by atoms with Crippen molar-refractivity contribution in [3.8, 4) is 5.75 Å². The molecule has 100 valence electrons. The van der Waals surface area contributed by atoms with Crippen molar-refractivity contribution >= 4 is 5.97 Å². The second kappa shape index (κ2) is 7.01. The Hall–Kier alpha value is -1.55. The second-order valence-electron chi connectivity index (χ2n) is 4.70. The van der Waals surface area contributed by atoms with Crippen molar-refractivity contribution in [2.45, 2.75) is 45.3 Å². The minimum Gasteiger partial charge on any atom is -0.550 e. The number of quaternary nitrogens is 1. The zero-order valence-corrected chi connectivity index (χ0v) is 11.0. The summed E-state index contributed by atoms with van der Waals surface area (Å²) in [5, 5.41) is 10.3. The van der Waals surface area contributed by atoms with Crippen LogP contribution in [0.1, 0.15) is 44.7 Å². The molecule has 0 spiro atoms. The van der Waals surface area contributed by atoms with Crippen LogP contribution in [0, 0.1) is 0 Å². The summed E-state index contributed by atoms with van der Waals surface area (Å²) in [5.74, 6) is -0.154. The lowest BCUT2D eigenvalue weighted by molar-refractivity contribution is -0.428. The molecule has 1 rings (SSSR count). The Morgan fingerprint density at radius 1 is 1.33 bits per heavy atom. The highest BCUT2D eigenvalue weighted by Gasteiger charge is 2.09. The summed E-state index contributed by atoms with van der Waals surface area (Å²) in [4.78, 5) is 10.3. The molecule has 0 aliphatic rings. The lowest BCUT2D eigenvalue weighted by Gasteiger charge is -2.12. The normalized spacial score (nSPS) is 12.4. The Bertz CT molecular complexity index is 373. The van der Waals surface area contributed by atoms with Crippen molar-refractivity contribution in [3.05, 3.63) is 29.8 Å². The smallest absolute Gasteiger partial charge is 0.119 e. The van der Waals surface area contributed by atoms with E-state index in [4.69, 9.17) is 4.74 Å².